The van der Waals surface area contributed by atoms with Gasteiger partial charge in [-0.2, -0.15) is 0 Å². The van der Waals surface area contributed by atoms with Crippen molar-refractivity contribution in [2.24, 2.45) is 5.92 Å². The number of methoxy groups -OCH3 is 1. The quantitative estimate of drug-likeness (QED) is 0.755. The fourth-order valence-corrected chi connectivity index (χ4v) is 2.61. The average Bonchev–Trinajstić information content (AvgIpc) is 3.29. The maximum absolute atomic E-state index is 14.4. The standard InChI is InChI=1S/C17H17FN4O/c1-23-13-4-2-3-11(14(13)18)16-21-12-7-8-19-17(15(12)22-16)20-9-10-5-6-10/h2-4,7-8,10H,5-6,9H2,1H3,(H,19,20)(H,21,22). The number of H-pyrrole nitrogens is 1. The summed E-state index contributed by atoms with van der Waals surface area (Å²) in [5.74, 6) is 1.73. The molecule has 0 unspecified atom stereocenters. The molecule has 0 saturated heterocycles. The molecule has 1 aliphatic carbocycles. The van der Waals surface area contributed by atoms with Crippen LogP contribution < -0.4 is 10.1 Å². The van der Waals surface area contributed by atoms with Crippen molar-refractivity contribution in [3.63, 3.8) is 0 Å². The first-order valence-corrected chi connectivity index (χ1v) is 7.67. The van der Waals surface area contributed by atoms with E-state index in [0.29, 0.717) is 11.4 Å². The number of benzene rings is 1. The van der Waals surface area contributed by atoms with E-state index in [-0.39, 0.29) is 5.75 Å². The van der Waals surface area contributed by atoms with Crippen molar-refractivity contribution in [3.05, 3.63) is 36.3 Å². The van der Waals surface area contributed by atoms with Crippen molar-refractivity contribution in [2.45, 2.75) is 12.8 Å². The van der Waals surface area contributed by atoms with E-state index < -0.39 is 5.82 Å². The summed E-state index contributed by atoms with van der Waals surface area (Å²) in [7, 11) is 1.45. The van der Waals surface area contributed by atoms with Crippen LogP contribution in [0.2, 0.25) is 0 Å². The van der Waals surface area contributed by atoms with Gasteiger partial charge in [-0.05, 0) is 37.0 Å². The monoisotopic (exact) mass is 312 g/mol. The van der Waals surface area contributed by atoms with E-state index in [9.17, 15) is 4.39 Å². The zero-order valence-corrected chi connectivity index (χ0v) is 12.8. The molecule has 0 amide bonds. The Labute approximate surface area is 132 Å². The van der Waals surface area contributed by atoms with Gasteiger partial charge in [-0.1, -0.05) is 6.07 Å². The van der Waals surface area contributed by atoms with Crippen LogP contribution in [0.25, 0.3) is 22.4 Å². The highest BCUT2D eigenvalue weighted by Gasteiger charge is 2.22. The number of hydrogen-bond donors (Lipinski definition) is 2. The van der Waals surface area contributed by atoms with E-state index in [1.165, 1.54) is 20.0 Å². The number of hydrogen-bond acceptors (Lipinski definition) is 4. The number of halogens is 1. The minimum absolute atomic E-state index is 0.202. The summed E-state index contributed by atoms with van der Waals surface area (Å²) in [6.07, 6.45) is 4.26. The second kappa shape index (κ2) is 5.53. The number of nitrogens with zero attached hydrogens (tertiary/aromatic N) is 2. The fraction of sp³-hybridized carbons (Fsp3) is 0.294. The summed E-state index contributed by atoms with van der Waals surface area (Å²) in [5, 5.41) is 3.34. The van der Waals surface area contributed by atoms with Crippen LogP contribution in [0.4, 0.5) is 10.2 Å². The minimum atomic E-state index is -0.422. The molecule has 0 spiro atoms. The summed E-state index contributed by atoms with van der Waals surface area (Å²) < 4.78 is 19.5. The van der Waals surface area contributed by atoms with E-state index >= 15 is 0 Å². The maximum atomic E-state index is 14.4. The van der Waals surface area contributed by atoms with Crippen molar-refractivity contribution in [1.29, 1.82) is 0 Å². The molecule has 1 fully saturated rings. The first kappa shape index (κ1) is 14.0. The lowest BCUT2D eigenvalue weighted by atomic mass is 10.2. The van der Waals surface area contributed by atoms with Crippen LogP contribution in [0.15, 0.2) is 30.5 Å². The van der Waals surface area contributed by atoms with E-state index in [2.05, 4.69) is 20.3 Å². The molecular weight excluding hydrogens is 295 g/mol. The van der Waals surface area contributed by atoms with Crippen LogP contribution in [0.5, 0.6) is 5.75 Å². The Kier molecular flexibility index (Phi) is 3.37. The normalized spacial score (nSPS) is 14.2. The van der Waals surface area contributed by atoms with Crippen molar-refractivity contribution in [1.82, 2.24) is 15.0 Å². The Bertz CT molecular complexity index is 857. The van der Waals surface area contributed by atoms with Crippen molar-refractivity contribution >= 4 is 16.9 Å². The lowest BCUT2D eigenvalue weighted by Crippen LogP contribution is -2.05. The molecule has 6 heteroatoms. The lowest BCUT2D eigenvalue weighted by molar-refractivity contribution is 0.387. The van der Waals surface area contributed by atoms with Crippen molar-refractivity contribution in [3.8, 4) is 17.1 Å². The maximum Gasteiger partial charge on any atom is 0.175 e. The summed E-state index contributed by atoms with van der Waals surface area (Å²) in [5.41, 5.74) is 1.94. The van der Waals surface area contributed by atoms with Gasteiger partial charge in [-0.25, -0.2) is 14.4 Å². The summed E-state index contributed by atoms with van der Waals surface area (Å²) >= 11 is 0. The highest BCUT2D eigenvalue weighted by Crippen LogP contribution is 2.31. The van der Waals surface area contributed by atoms with Gasteiger partial charge in [0.25, 0.3) is 0 Å². The second-order valence-corrected chi connectivity index (χ2v) is 5.79. The Hall–Kier alpha value is -2.63. The molecule has 4 rings (SSSR count). The number of rotatable bonds is 5. The Morgan fingerprint density at radius 3 is 3.00 bits per heavy atom. The summed E-state index contributed by atoms with van der Waals surface area (Å²) in [6.45, 7) is 0.905. The van der Waals surface area contributed by atoms with Gasteiger partial charge in [0, 0.05) is 12.7 Å². The van der Waals surface area contributed by atoms with Crippen molar-refractivity contribution in [2.75, 3.05) is 19.0 Å². The lowest BCUT2D eigenvalue weighted by Gasteiger charge is -2.04. The first-order valence-electron chi connectivity index (χ1n) is 7.67. The topological polar surface area (TPSA) is 62.8 Å². The number of ether oxygens (including phenoxy) is 1. The number of anilines is 1. The van der Waals surface area contributed by atoms with Gasteiger partial charge in [0.2, 0.25) is 0 Å². The molecule has 0 atom stereocenters. The number of fused-ring (bicyclic) bond motifs is 1. The minimum Gasteiger partial charge on any atom is -0.494 e. The summed E-state index contributed by atoms with van der Waals surface area (Å²) in [6, 6.07) is 6.85. The van der Waals surface area contributed by atoms with Crippen molar-refractivity contribution < 1.29 is 9.13 Å². The third-order valence-corrected chi connectivity index (χ3v) is 4.09. The van der Waals surface area contributed by atoms with Crippen LogP contribution in [0.1, 0.15) is 12.8 Å². The number of aromatic amines is 1. The third kappa shape index (κ3) is 2.60. The average molecular weight is 312 g/mol. The number of aromatic nitrogens is 3. The van der Waals surface area contributed by atoms with Gasteiger partial charge in [-0.3, -0.25) is 0 Å². The molecule has 1 aromatic carbocycles. The van der Waals surface area contributed by atoms with Gasteiger partial charge < -0.3 is 15.0 Å². The van der Waals surface area contributed by atoms with Crippen LogP contribution in [-0.2, 0) is 0 Å². The zero-order valence-electron chi connectivity index (χ0n) is 12.8. The third-order valence-electron chi connectivity index (χ3n) is 4.09. The molecule has 0 aliphatic heterocycles. The molecule has 0 bridgehead atoms. The predicted molar refractivity (Wildman–Crippen MR) is 87.0 cm³/mol. The number of pyridine rings is 1. The highest BCUT2D eigenvalue weighted by atomic mass is 19.1. The van der Waals surface area contributed by atoms with Gasteiger partial charge in [-0.15, -0.1) is 0 Å². The van der Waals surface area contributed by atoms with Gasteiger partial charge in [0.1, 0.15) is 11.3 Å². The molecule has 2 heterocycles. The zero-order chi connectivity index (χ0) is 15.8. The predicted octanol–water partition coefficient (Wildman–Crippen LogP) is 3.59. The van der Waals surface area contributed by atoms with Crippen LogP contribution >= 0.6 is 0 Å². The first-order chi connectivity index (χ1) is 11.3. The molecule has 5 nitrogen and oxygen atoms in total. The van der Waals surface area contributed by atoms with E-state index in [4.69, 9.17) is 4.74 Å². The van der Waals surface area contributed by atoms with E-state index in [0.717, 1.165) is 29.3 Å². The van der Waals surface area contributed by atoms with Gasteiger partial charge >= 0.3 is 0 Å². The molecule has 118 valence electrons. The molecule has 3 aromatic rings. The molecule has 23 heavy (non-hydrogen) atoms. The summed E-state index contributed by atoms with van der Waals surface area (Å²) in [4.78, 5) is 12.1. The van der Waals surface area contributed by atoms with E-state index in [1.54, 1.807) is 24.4 Å². The van der Waals surface area contributed by atoms with Crippen LogP contribution in [0.3, 0.4) is 0 Å². The van der Waals surface area contributed by atoms with Gasteiger partial charge in [0.05, 0.1) is 18.2 Å². The van der Waals surface area contributed by atoms with E-state index in [1.807, 2.05) is 6.07 Å². The molecule has 1 aliphatic rings. The van der Waals surface area contributed by atoms with Crippen LogP contribution in [-0.4, -0.2) is 28.6 Å². The molecular formula is C17H17FN4O. The fourth-order valence-electron chi connectivity index (χ4n) is 2.61. The molecule has 2 aromatic heterocycles. The number of imidazole rings is 1. The second-order valence-electron chi connectivity index (χ2n) is 5.79. The molecule has 2 N–H and O–H groups in total. The molecule has 0 radical (unpaired) electrons. The smallest absolute Gasteiger partial charge is 0.175 e. The molecule has 1 saturated carbocycles. The van der Waals surface area contributed by atoms with Gasteiger partial charge in [0.15, 0.2) is 17.4 Å². The Morgan fingerprint density at radius 1 is 1.35 bits per heavy atom. The van der Waals surface area contributed by atoms with Crippen LogP contribution in [0, 0.1) is 11.7 Å². The largest absolute Gasteiger partial charge is 0.494 e. The Balaban J connectivity index is 1.75. The number of nitrogens with one attached hydrogen (secondary N) is 2. The Morgan fingerprint density at radius 2 is 2.22 bits per heavy atom. The SMILES string of the molecule is COc1cccc(-c2nc3c(NCC4CC4)nccc3[nH]2)c1F. The highest BCUT2D eigenvalue weighted by molar-refractivity contribution is 5.88.